The molecule has 3 heterocycles. The number of hydrogen-bond acceptors (Lipinski definition) is 6. The van der Waals surface area contributed by atoms with E-state index in [1.54, 1.807) is 17.0 Å². The minimum absolute atomic E-state index is 0.0588. The molecular formula is C24H24N2O5S2. The summed E-state index contributed by atoms with van der Waals surface area (Å²) >= 11 is 1.42. The van der Waals surface area contributed by atoms with Crippen molar-refractivity contribution < 1.29 is 22.7 Å². The number of sulfonamides is 1. The van der Waals surface area contributed by atoms with E-state index >= 15 is 0 Å². The summed E-state index contributed by atoms with van der Waals surface area (Å²) in [5, 5.41) is 1.92. The molecule has 0 aliphatic carbocycles. The van der Waals surface area contributed by atoms with E-state index in [0.717, 1.165) is 17.5 Å². The maximum absolute atomic E-state index is 13.2. The zero-order valence-corrected chi connectivity index (χ0v) is 19.6. The second-order valence-corrected chi connectivity index (χ2v) is 10.7. The second-order valence-electron chi connectivity index (χ2n) is 7.88. The molecule has 172 valence electrons. The number of hydrogen-bond donors (Lipinski definition) is 0. The molecule has 1 amide bonds. The SMILES string of the molecule is O=C(c1sccc1-c1ccccc1)N1CCN(S(=O)(=O)c2ccc3c(c2)OCCCO3)CC1. The van der Waals surface area contributed by atoms with Crippen molar-refractivity contribution in [2.45, 2.75) is 11.3 Å². The van der Waals surface area contributed by atoms with Crippen LogP contribution in [0.3, 0.4) is 0 Å². The van der Waals surface area contributed by atoms with Crippen LogP contribution in [0.2, 0.25) is 0 Å². The van der Waals surface area contributed by atoms with E-state index in [1.165, 1.54) is 21.7 Å². The second kappa shape index (κ2) is 9.17. The molecule has 0 spiro atoms. The Morgan fingerprint density at radius 2 is 1.61 bits per heavy atom. The zero-order valence-electron chi connectivity index (χ0n) is 18.0. The van der Waals surface area contributed by atoms with Crippen molar-refractivity contribution in [3.05, 3.63) is 64.9 Å². The molecule has 2 aliphatic heterocycles. The quantitative estimate of drug-likeness (QED) is 0.564. The van der Waals surface area contributed by atoms with E-state index in [2.05, 4.69) is 0 Å². The molecule has 7 nitrogen and oxygen atoms in total. The highest BCUT2D eigenvalue weighted by molar-refractivity contribution is 7.89. The summed E-state index contributed by atoms with van der Waals surface area (Å²) < 4.78 is 39.1. The smallest absolute Gasteiger partial charge is 0.264 e. The Balaban J connectivity index is 1.29. The van der Waals surface area contributed by atoms with Crippen molar-refractivity contribution in [1.82, 2.24) is 9.21 Å². The van der Waals surface area contributed by atoms with Crippen LogP contribution in [0.15, 0.2) is 64.9 Å². The Hall–Kier alpha value is -2.88. The van der Waals surface area contributed by atoms with Crippen LogP contribution in [-0.4, -0.2) is 62.9 Å². The van der Waals surface area contributed by atoms with Crippen molar-refractivity contribution in [3.8, 4) is 22.6 Å². The third-order valence-corrected chi connectivity index (χ3v) is 8.62. The average Bonchev–Trinajstić information content (AvgIpc) is 3.22. The van der Waals surface area contributed by atoms with Crippen LogP contribution in [-0.2, 0) is 10.0 Å². The van der Waals surface area contributed by atoms with Crippen molar-refractivity contribution >= 4 is 27.3 Å². The number of amides is 1. The van der Waals surface area contributed by atoms with Gasteiger partial charge in [-0.15, -0.1) is 11.3 Å². The number of ether oxygens (including phenoxy) is 2. The van der Waals surface area contributed by atoms with Gasteiger partial charge < -0.3 is 14.4 Å². The fourth-order valence-electron chi connectivity index (χ4n) is 4.05. The zero-order chi connectivity index (χ0) is 22.8. The molecule has 1 saturated heterocycles. The first-order chi connectivity index (χ1) is 16.0. The lowest BCUT2D eigenvalue weighted by atomic mass is 10.1. The molecule has 3 aromatic rings. The summed E-state index contributed by atoms with van der Waals surface area (Å²) in [6.07, 6.45) is 0.753. The van der Waals surface area contributed by atoms with Gasteiger partial charge in [-0.2, -0.15) is 4.31 Å². The summed E-state index contributed by atoms with van der Waals surface area (Å²) in [6.45, 7) is 2.21. The monoisotopic (exact) mass is 484 g/mol. The van der Waals surface area contributed by atoms with Crippen molar-refractivity contribution in [2.24, 2.45) is 0 Å². The lowest BCUT2D eigenvalue weighted by Crippen LogP contribution is -2.50. The van der Waals surface area contributed by atoms with Crippen LogP contribution in [0.4, 0.5) is 0 Å². The average molecular weight is 485 g/mol. The lowest BCUT2D eigenvalue weighted by Gasteiger charge is -2.34. The first kappa shape index (κ1) is 21.9. The molecule has 0 unspecified atom stereocenters. The first-order valence-corrected chi connectivity index (χ1v) is 13.2. The molecule has 0 saturated carbocycles. The van der Waals surface area contributed by atoms with Gasteiger partial charge in [0.25, 0.3) is 5.91 Å². The van der Waals surface area contributed by atoms with Gasteiger partial charge in [-0.05, 0) is 29.1 Å². The summed E-state index contributed by atoms with van der Waals surface area (Å²) in [6, 6.07) is 16.5. The first-order valence-electron chi connectivity index (χ1n) is 10.9. The largest absolute Gasteiger partial charge is 0.490 e. The lowest BCUT2D eigenvalue weighted by molar-refractivity contribution is 0.0703. The summed E-state index contributed by atoms with van der Waals surface area (Å²) in [4.78, 5) is 15.8. The van der Waals surface area contributed by atoms with Gasteiger partial charge in [0.15, 0.2) is 11.5 Å². The Kier molecular flexibility index (Phi) is 6.09. The van der Waals surface area contributed by atoms with Gasteiger partial charge in [0.1, 0.15) is 0 Å². The molecule has 0 bridgehead atoms. The predicted octanol–water partition coefficient (Wildman–Crippen LogP) is 3.72. The highest BCUT2D eigenvalue weighted by Crippen LogP contribution is 2.33. The van der Waals surface area contributed by atoms with Crippen LogP contribution in [0, 0.1) is 0 Å². The fraction of sp³-hybridized carbons (Fsp3) is 0.292. The van der Waals surface area contributed by atoms with Crippen LogP contribution in [0.1, 0.15) is 16.1 Å². The molecular weight excluding hydrogens is 460 g/mol. The molecule has 5 rings (SSSR count). The van der Waals surface area contributed by atoms with Gasteiger partial charge in [-0.3, -0.25) is 4.79 Å². The number of nitrogens with zero attached hydrogens (tertiary/aromatic N) is 2. The molecule has 9 heteroatoms. The van der Waals surface area contributed by atoms with E-state index in [1.807, 2.05) is 41.8 Å². The number of rotatable bonds is 4. The Bertz CT molecular complexity index is 1250. The number of fused-ring (bicyclic) bond motifs is 1. The summed E-state index contributed by atoms with van der Waals surface area (Å²) in [5.74, 6) is 0.956. The molecule has 0 N–H and O–H groups in total. The summed E-state index contributed by atoms with van der Waals surface area (Å²) in [5.41, 5.74) is 1.91. The standard InChI is InChI=1S/C24H24N2O5S2/c27-24(23-20(9-16-32-23)18-5-2-1-3-6-18)25-10-12-26(13-11-25)33(28,29)19-7-8-21-22(17-19)31-15-4-14-30-21/h1-3,5-9,16-17H,4,10-15H2. The van der Waals surface area contributed by atoms with E-state index in [-0.39, 0.29) is 23.9 Å². The van der Waals surface area contributed by atoms with Gasteiger partial charge >= 0.3 is 0 Å². The molecule has 33 heavy (non-hydrogen) atoms. The third-order valence-electron chi connectivity index (χ3n) is 5.83. The highest BCUT2D eigenvalue weighted by atomic mass is 32.2. The van der Waals surface area contributed by atoms with Crippen molar-refractivity contribution in [2.75, 3.05) is 39.4 Å². The van der Waals surface area contributed by atoms with E-state index < -0.39 is 10.0 Å². The van der Waals surface area contributed by atoms with Gasteiger partial charge in [0.05, 0.1) is 23.0 Å². The maximum atomic E-state index is 13.2. The minimum Gasteiger partial charge on any atom is -0.490 e. The molecule has 2 aromatic carbocycles. The van der Waals surface area contributed by atoms with E-state index in [4.69, 9.17) is 9.47 Å². The molecule has 0 atom stereocenters. The number of carbonyl (C=O) groups is 1. The molecule has 2 aliphatic rings. The van der Waals surface area contributed by atoms with Gasteiger partial charge in [0.2, 0.25) is 10.0 Å². The number of carbonyl (C=O) groups excluding carboxylic acids is 1. The Morgan fingerprint density at radius 1 is 0.879 bits per heavy atom. The number of thiophene rings is 1. The summed E-state index contributed by atoms with van der Waals surface area (Å²) in [7, 11) is -3.70. The van der Waals surface area contributed by atoms with Crippen LogP contribution >= 0.6 is 11.3 Å². The van der Waals surface area contributed by atoms with Crippen LogP contribution in [0.5, 0.6) is 11.5 Å². The Morgan fingerprint density at radius 3 is 2.36 bits per heavy atom. The normalized spacial score (nSPS) is 16.9. The molecule has 0 radical (unpaired) electrons. The Labute approximate surface area is 197 Å². The van der Waals surface area contributed by atoms with Gasteiger partial charge in [0, 0.05) is 44.2 Å². The van der Waals surface area contributed by atoms with Gasteiger partial charge in [-0.25, -0.2) is 8.42 Å². The molecule has 1 aromatic heterocycles. The maximum Gasteiger partial charge on any atom is 0.264 e. The highest BCUT2D eigenvalue weighted by Gasteiger charge is 2.32. The van der Waals surface area contributed by atoms with E-state index in [0.29, 0.717) is 42.7 Å². The minimum atomic E-state index is -3.70. The van der Waals surface area contributed by atoms with Crippen molar-refractivity contribution in [1.29, 1.82) is 0 Å². The number of piperazine rings is 1. The topological polar surface area (TPSA) is 76.2 Å². The van der Waals surface area contributed by atoms with E-state index in [9.17, 15) is 13.2 Å². The third kappa shape index (κ3) is 4.36. The number of benzene rings is 2. The van der Waals surface area contributed by atoms with Crippen LogP contribution in [0.25, 0.3) is 11.1 Å². The molecule has 1 fully saturated rings. The van der Waals surface area contributed by atoms with Crippen molar-refractivity contribution in [3.63, 3.8) is 0 Å². The van der Waals surface area contributed by atoms with Gasteiger partial charge in [-0.1, -0.05) is 30.3 Å². The predicted molar refractivity (Wildman–Crippen MR) is 126 cm³/mol. The van der Waals surface area contributed by atoms with Crippen LogP contribution < -0.4 is 9.47 Å². The fourth-order valence-corrected chi connectivity index (χ4v) is 6.37.